The second-order valence-corrected chi connectivity index (χ2v) is 2.83. The number of hydrogen-bond acceptors (Lipinski definition) is 2. The summed E-state index contributed by atoms with van der Waals surface area (Å²) in [5.41, 5.74) is 2.15. The highest BCUT2D eigenvalue weighted by Gasteiger charge is 2.03. The summed E-state index contributed by atoms with van der Waals surface area (Å²) in [6.45, 7) is 1.99. The first kappa shape index (κ1) is 10.5. The van der Waals surface area contributed by atoms with E-state index in [1.54, 1.807) is 14.2 Å². The molecule has 0 amide bonds. The minimum atomic E-state index is 0.875. The van der Waals surface area contributed by atoms with Crippen molar-refractivity contribution in [2.24, 2.45) is 4.99 Å². The van der Waals surface area contributed by atoms with Gasteiger partial charge in [0.25, 0.3) is 0 Å². The number of para-hydroxylation sites is 1. The summed E-state index contributed by atoms with van der Waals surface area (Å²) in [7, 11) is 3.44. The Morgan fingerprint density at radius 2 is 2.07 bits per heavy atom. The van der Waals surface area contributed by atoms with Crippen LogP contribution in [0.5, 0.6) is 5.75 Å². The first-order chi connectivity index (χ1) is 6.83. The number of allylic oxidation sites excluding steroid dienone is 2. The molecule has 0 saturated heterocycles. The van der Waals surface area contributed by atoms with Crippen LogP contribution in [0.25, 0.3) is 5.57 Å². The van der Waals surface area contributed by atoms with Gasteiger partial charge in [0, 0.05) is 18.8 Å². The molecular weight excluding hydrogens is 174 g/mol. The second kappa shape index (κ2) is 5.22. The normalized spacial score (nSPS) is 12.1. The third-order valence-corrected chi connectivity index (χ3v) is 2.00. The summed E-state index contributed by atoms with van der Waals surface area (Å²) in [5, 5.41) is 0. The molecule has 74 valence electrons. The minimum Gasteiger partial charge on any atom is -0.496 e. The lowest BCUT2D eigenvalue weighted by atomic mass is 10.1. The van der Waals surface area contributed by atoms with Crippen molar-refractivity contribution < 1.29 is 4.74 Å². The van der Waals surface area contributed by atoms with Gasteiger partial charge in [-0.3, -0.25) is 4.99 Å². The molecule has 2 nitrogen and oxygen atoms in total. The first-order valence-electron chi connectivity index (χ1n) is 4.55. The predicted octanol–water partition coefficient (Wildman–Crippen LogP) is 2.80. The van der Waals surface area contributed by atoms with Gasteiger partial charge in [-0.25, -0.2) is 0 Å². The quantitative estimate of drug-likeness (QED) is 0.670. The maximum absolute atomic E-state index is 5.27. The summed E-state index contributed by atoms with van der Waals surface area (Å²) >= 11 is 0. The van der Waals surface area contributed by atoms with E-state index in [1.807, 2.05) is 43.5 Å². The number of methoxy groups -OCH3 is 1. The zero-order valence-electron chi connectivity index (χ0n) is 8.82. The smallest absolute Gasteiger partial charge is 0.126 e. The van der Waals surface area contributed by atoms with Gasteiger partial charge in [0.05, 0.1) is 7.11 Å². The predicted molar refractivity (Wildman–Crippen MR) is 61.1 cm³/mol. The van der Waals surface area contributed by atoms with E-state index in [0.29, 0.717) is 0 Å². The van der Waals surface area contributed by atoms with Gasteiger partial charge in [0.1, 0.15) is 5.75 Å². The average molecular weight is 189 g/mol. The molecule has 0 aliphatic heterocycles. The molecule has 0 atom stereocenters. The summed E-state index contributed by atoms with van der Waals surface area (Å²) < 4.78 is 5.27. The monoisotopic (exact) mass is 189 g/mol. The van der Waals surface area contributed by atoms with E-state index < -0.39 is 0 Å². The first-order valence-corrected chi connectivity index (χ1v) is 4.55. The molecule has 0 N–H and O–H groups in total. The van der Waals surface area contributed by atoms with Crippen molar-refractivity contribution in [2.75, 3.05) is 14.2 Å². The van der Waals surface area contributed by atoms with Crippen molar-refractivity contribution in [3.63, 3.8) is 0 Å². The van der Waals surface area contributed by atoms with Gasteiger partial charge in [-0.05, 0) is 18.6 Å². The topological polar surface area (TPSA) is 21.6 Å². The largest absolute Gasteiger partial charge is 0.496 e. The molecule has 0 aliphatic carbocycles. The molecule has 0 radical (unpaired) electrons. The van der Waals surface area contributed by atoms with Crippen LogP contribution in [0.1, 0.15) is 12.5 Å². The molecule has 0 aromatic heterocycles. The molecular formula is C12H15NO. The van der Waals surface area contributed by atoms with Crippen LogP contribution in [0.15, 0.2) is 35.3 Å². The maximum atomic E-state index is 5.27. The van der Waals surface area contributed by atoms with E-state index >= 15 is 0 Å². The highest BCUT2D eigenvalue weighted by atomic mass is 16.5. The van der Waals surface area contributed by atoms with Crippen molar-refractivity contribution in [3.8, 4) is 5.75 Å². The molecule has 0 spiro atoms. The molecule has 0 aliphatic rings. The zero-order valence-corrected chi connectivity index (χ0v) is 8.82. The Morgan fingerprint density at radius 3 is 2.64 bits per heavy atom. The molecule has 1 aromatic rings. The minimum absolute atomic E-state index is 0.875. The summed E-state index contributed by atoms with van der Waals surface area (Å²) in [6.07, 6.45) is 3.85. The van der Waals surface area contributed by atoms with Gasteiger partial charge in [-0.1, -0.05) is 24.3 Å². The number of aliphatic imine (C=N–C) groups is 1. The molecule has 0 saturated carbocycles. The van der Waals surface area contributed by atoms with Gasteiger partial charge in [0.2, 0.25) is 0 Å². The lowest BCUT2D eigenvalue weighted by Gasteiger charge is -2.07. The number of hydrogen-bond donors (Lipinski definition) is 0. The van der Waals surface area contributed by atoms with E-state index in [4.69, 9.17) is 4.74 Å². The molecule has 14 heavy (non-hydrogen) atoms. The zero-order chi connectivity index (χ0) is 10.4. The van der Waals surface area contributed by atoms with Crippen LogP contribution < -0.4 is 4.74 Å². The molecule has 0 heterocycles. The standard InChI is InChI=1S/C12H15NO/c1-4-10(9-13-2)11-7-5-6-8-12(11)14-3/h4-9H,1-3H3/b10-4+,13-9?. The van der Waals surface area contributed by atoms with Crippen molar-refractivity contribution in [2.45, 2.75) is 6.92 Å². The lowest BCUT2D eigenvalue weighted by Crippen LogP contribution is -1.92. The second-order valence-electron chi connectivity index (χ2n) is 2.83. The third kappa shape index (κ3) is 2.22. The van der Waals surface area contributed by atoms with Gasteiger partial charge >= 0.3 is 0 Å². The average Bonchev–Trinajstić information content (AvgIpc) is 2.26. The van der Waals surface area contributed by atoms with E-state index in [1.165, 1.54) is 0 Å². The SMILES string of the molecule is C/C=C(\C=NC)c1ccccc1OC. The Bertz CT molecular complexity index is 353. The fraction of sp³-hybridized carbons (Fsp3) is 0.250. The maximum Gasteiger partial charge on any atom is 0.126 e. The Hall–Kier alpha value is -1.57. The fourth-order valence-corrected chi connectivity index (χ4v) is 1.32. The number of nitrogens with zero attached hydrogens (tertiary/aromatic N) is 1. The van der Waals surface area contributed by atoms with Crippen molar-refractivity contribution in [3.05, 3.63) is 35.9 Å². The Kier molecular flexibility index (Phi) is 3.92. The highest BCUT2D eigenvalue weighted by Crippen LogP contribution is 2.24. The van der Waals surface area contributed by atoms with E-state index in [2.05, 4.69) is 4.99 Å². The summed E-state index contributed by atoms with van der Waals surface area (Å²) in [6, 6.07) is 7.92. The number of rotatable bonds is 3. The van der Waals surface area contributed by atoms with Gasteiger partial charge < -0.3 is 4.74 Å². The van der Waals surface area contributed by atoms with Crippen molar-refractivity contribution >= 4 is 11.8 Å². The molecule has 2 heteroatoms. The Morgan fingerprint density at radius 1 is 1.36 bits per heavy atom. The molecule has 0 bridgehead atoms. The summed E-state index contributed by atoms with van der Waals surface area (Å²) in [5.74, 6) is 0.875. The van der Waals surface area contributed by atoms with Crippen molar-refractivity contribution in [1.29, 1.82) is 0 Å². The van der Waals surface area contributed by atoms with Crippen LogP contribution in [0.3, 0.4) is 0 Å². The third-order valence-electron chi connectivity index (χ3n) is 2.00. The van der Waals surface area contributed by atoms with Crippen molar-refractivity contribution in [1.82, 2.24) is 0 Å². The van der Waals surface area contributed by atoms with Gasteiger partial charge in [-0.2, -0.15) is 0 Å². The lowest BCUT2D eigenvalue weighted by molar-refractivity contribution is 0.413. The van der Waals surface area contributed by atoms with Crippen LogP contribution >= 0.6 is 0 Å². The fourth-order valence-electron chi connectivity index (χ4n) is 1.32. The van der Waals surface area contributed by atoms with Gasteiger partial charge in [0.15, 0.2) is 0 Å². The van der Waals surface area contributed by atoms with Crippen LogP contribution in [0.2, 0.25) is 0 Å². The van der Waals surface area contributed by atoms with E-state index in [0.717, 1.165) is 16.9 Å². The van der Waals surface area contributed by atoms with Crippen LogP contribution in [-0.2, 0) is 0 Å². The Labute approximate surface area is 84.9 Å². The van der Waals surface area contributed by atoms with Crippen LogP contribution in [-0.4, -0.2) is 20.4 Å². The van der Waals surface area contributed by atoms with Gasteiger partial charge in [-0.15, -0.1) is 0 Å². The molecule has 1 aromatic carbocycles. The molecule has 0 fully saturated rings. The molecule has 0 unspecified atom stereocenters. The van der Waals surface area contributed by atoms with E-state index in [-0.39, 0.29) is 0 Å². The number of ether oxygens (including phenoxy) is 1. The highest BCUT2D eigenvalue weighted by molar-refractivity contribution is 6.10. The van der Waals surface area contributed by atoms with Crippen LogP contribution in [0, 0.1) is 0 Å². The Balaban J connectivity index is 3.16. The number of benzene rings is 1. The summed E-state index contributed by atoms with van der Waals surface area (Å²) in [4.78, 5) is 4.01. The van der Waals surface area contributed by atoms with E-state index in [9.17, 15) is 0 Å². The molecule has 1 rings (SSSR count). The van der Waals surface area contributed by atoms with Crippen LogP contribution in [0.4, 0.5) is 0 Å².